The van der Waals surface area contributed by atoms with E-state index >= 15 is 0 Å². The summed E-state index contributed by atoms with van der Waals surface area (Å²) in [6.45, 7) is 5.41. The van der Waals surface area contributed by atoms with E-state index in [1.165, 1.54) is 0 Å². The molecule has 4 aliphatic heterocycles. The largest absolute Gasteiger partial charge is 0.432 e. The number of rotatable bonds is 12. The molecule has 4 saturated heterocycles. The second-order valence-corrected chi connectivity index (χ2v) is 20.8. The molecule has 26 atom stereocenters. The van der Waals surface area contributed by atoms with Gasteiger partial charge in [-0.05, 0) is 86.5 Å². The number of hydrogen-bond donors (Lipinski definition) is 14. The number of carbonyl (C=O) groups excluding carboxylic acids is 1. The number of aliphatic hydroxyl groups excluding tert-OH is 14. The maximum absolute atomic E-state index is 14.3. The standard InChI is InChI=1S/C44H70O23/c1-17-11-43-9-5-22-41(2,7-4-8-42(22,3)40(59)66-38-33(58)30(55)26(51)20(14-47)62-38)23(43)6-10-44(17,16-43)67-39-35(65-37-32(57)29(54)25(50)19(13-46)61-37)34(27(52)21(15-48)63-39)64-36-31(56)28(53)24(49)18(12-45)60-36/h18-39,45-58H,1,4-16H2,2-3H3/t18-,19-,20-,21-,22+,23+,24-,25-,26+,27-,28+,29+,30+,31-,32-,33-,34+,35-,36+,37+,38+,39+,41-,42-,43-,44+/m1/s1. The van der Waals surface area contributed by atoms with Crippen LogP contribution in [0.5, 0.6) is 0 Å². The summed E-state index contributed by atoms with van der Waals surface area (Å²) in [7, 11) is 0. The fourth-order valence-corrected chi connectivity index (χ4v) is 13.5. The van der Waals surface area contributed by atoms with E-state index in [0.29, 0.717) is 56.9 Å². The Balaban J connectivity index is 1.06. The highest BCUT2D eigenvalue weighted by Crippen LogP contribution is 2.74. The maximum Gasteiger partial charge on any atom is 0.314 e. The lowest BCUT2D eigenvalue weighted by Gasteiger charge is -2.64. The molecule has 8 aliphatic rings. The molecule has 23 heteroatoms. The van der Waals surface area contributed by atoms with Gasteiger partial charge in [0.1, 0.15) is 97.7 Å². The Morgan fingerprint density at radius 2 is 1.03 bits per heavy atom. The molecule has 23 nitrogen and oxygen atoms in total. The normalized spacial score (nSPS) is 54.5. The van der Waals surface area contributed by atoms with Crippen molar-refractivity contribution in [1.29, 1.82) is 0 Å². The van der Waals surface area contributed by atoms with E-state index in [4.69, 9.17) is 37.9 Å². The summed E-state index contributed by atoms with van der Waals surface area (Å²) in [4.78, 5) is 14.3. The monoisotopic (exact) mass is 966 g/mol. The minimum atomic E-state index is -1.95. The van der Waals surface area contributed by atoms with Gasteiger partial charge in [-0.2, -0.15) is 0 Å². The minimum absolute atomic E-state index is 0.0251. The van der Waals surface area contributed by atoms with Gasteiger partial charge in [0.15, 0.2) is 18.9 Å². The van der Waals surface area contributed by atoms with Crippen LogP contribution in [0.3, 0.4) is 0 Å². The van der Waals surface area contributed by atoms with Crippen LogP contribution in [0.15, 0.2) is 12.2 Å². The predicted octanol–water partition coefficient (Wildman–Crippen LogP) is -5.11. The van der Waals surface area contributed by atoms with Gasteiger partial charge in [-0.15, -0.1) is 0 Å². The molecule has 2 bridgehead atoms. The molecule has 67 heavy (non-hydrogen) atoms. The van der Waals surface area contributed by atoms with Crippen molar-refractivity contribution in [3.63, 3.8) is 0 Å². The third-order valence-corrected chi connectivity index (χ3v) is 17.1. The van der Waals surface area contributed by atoms with E-state index in [1.807, 2.05) is 6.92 Å². The van der Waals surface area contributed by atoms with E-state index in [2.05, 4.69) is 13.5 Å². The van der Waals surface area contributed by atoms with Gasteiger partial charge >= 0.3 is 5.97 Å². The summed E-state index contributed by atoms with van der Waals surface area (Å²) in [5.41, 5.74) is -2.33. The Kier molecular flexibility index (Phi) is 15.0. The van der Waals surface area contributed by atoms with Gasteiger partial charge in [-0.1, -0.05) is 19.9 Å². The molecular weight excluding hydrogens is 896 g/mol. The molecular formula is C44H70O23. The number of hydrogen-bond acceptors (Lipinski definition) is 23. The Morgan fingerprint density at radius 1 is 0.567 bits per heavy atom. The van der Waals surface area contributed by atoms with Crippen molar-refractivity contribution in [1.82, 2.24) is 0 Å². The molecule has 0 aromatic rings. The maximum atomic E-state index is 14.3. The van der Waals surface area contributed by atoms with Crippen LogP contribution in [0.4, 0.5) is 0 Å². The Morgan fingerprint density at radius 3 is 1.57 bits per heavy atom. The molecule has 1 spiro atoms. The molecule has 0 unspecified atom stereocenters. The van der Waals surface area contributed by atoms with E-state index in [-0.39, 0.29) is 11.8 Å². The van der Waals surface area contributed by atoms with Crippen LogP contribution in [-0.4, -0.2) is 232 Å². The highest BCUT2D eigenvalue weighted by atomic mass is 16.8. The van der Waals surface area contributed by atoms with E-state index in [0.717, 1.165) is 6.42 Å². The molecule has 14 N–H and O–H groups in total. The van der Waals surface area contributed by atoms with E-state index in [1.54, 1.807) is 0 Å². The highest BCUT2D eigenvalue weighted by Gasteiger charge is 2.70. The lowest BCUT2D eigenvalue weighted by atomic mass is 9.41. The first-order valence-electron chi connectivity index (χ1n) is 23.4. The van der Waals surface area contributed by atoms with Crippen LogP contribution in [-0.2, 0) is 42.7 Å². The highest BCUT2D eigenvalue weighted by molar-refractivity contribution is 5.77. The first kappa shape index (κ1) is 51.7. The van der Waals surface area contributed by atoms with Crippen LogP contribution >= 0.6 is 0 Å². The second kappa shape index (κ2) is 19.4. The topological polar surface area (TPSA) is 374 Å². The van der Waals surface area contributed by atoms with Gasteiger partial charge < -0.3 is 109 Å². The Labute approximate surface area is 386 Å². The van der Waals surface area contributed by atoms with E-state index < -0.39 is 177 Å². The smallest absolute Gasteiger partial charge is 0.314 e. The van der Waals surface area contributed by atoms with Crippen LogP contribution < -0.4 is 0 Å². The first-order chi connectivity index (χ1) is 31.6. The lowest BCUT2D eigenvalue weighted by Crippen LogP contribution is -2.68. The van der Waals surface area contributed by atoms with Crippen molar-refractivity contribution in [3.8, 4) is 0 Å². The fraction of sp³-hybridized carbons (Fsp3) is 0.932. The zero-order valence-electron chi connectivity index (χ0n) is 37.5. The van der Waals surface area contributed by atoms with Crippen LogP contribution in [0.2, 0.25) is 0 Å². The van der Waals surface area contributed by atoms with Crippen molar-refractivity contribution in [2.75, 3.05) is 26.4 Å². The first-order valence-corrected chi connectivity index (χ1v) is 23.4. The number of fused-ring (bicyclic) bond motifs is 3. The van der Waals surface area contributed by atoms with Gasteiger partial charge in [0, 0.05) is 0 Å². The molecule has 8 rings (SSSR count). The summed E-state index contributed by atoms with van der Waals surface area (Å²) in [6.07, 6.45) is -29.1. The van der Waals surface area contributed by atoms with Crippen molar-refractivity contribution in [3.05, 3.63) is 12.2 Å². The Bertz CT molecular complexity index is 1760. The van der Waals surface area contributed by atoms with Gasteiger partial charge in [-0.25, -0.2) is 0 Å². The predicted molar refractivity (Wildman–Crippen MR) is 219 cm³/mol. The SMILES string of the molecule is C=C1C[C@@]23CC[C@H]4[C@@](C)(CCC[C@@]4(C)C(=O)O[C@@H]4O[C@H](CO)[C@H](O)[C@H](O)[C@H]4O)[C@@H]2CC[C@]1(O[C@@H]1O[C@H](CO)[C@@H](O)[C@H](O[C@@H]2O[C@H](CO)[C@@H](O)[C@H](O)[C@H]2O)[C@H]1O[C@@H]1O[C@H](CO)[C@@H](O)[C@H](O)[C@H]1O)C3. The van der Waals surface area contributed by atoms with Crippen molar-refractivity contribution in [2.24, 2.45) is 28.1 Å². The summed E-state index contributed by atoms with van der Waals surface area (Å²) < 4.78 is 48.2. The van der Waals surface area contributed by atoms with E-state index in [9.17, 15) is 76.3 Å². The number of aliphatic hydroxyl groups is 14. The molecule has 4 heterocycles. The summed E-state index contributed by atoms with van der Waals surface area (Å²) in [5.74, 6) is -0.805. The third-order valence-electron chi connectivity index (χ3n) is 17.1. The van der Waals surface area contributed by atoms with Gasteiger partial charge in [0.25, 0.3) is 0 Å². The van der Waals surface area contributed by atoms with Crippen LogP contribution in [0, 0.1) is 28.1 Å². The zero-order chi connectivity index (χ0) is 48.7. The minimum Gasteiger partial charge on any atom is -0.432 e. The molecule has 0 radical (unpaired) electrons. The van der Waals surface area contributed by atoms with Gasteiger partial charge in [0.2, 0.25) is 6.29 Å². The van der Waals surface area contributed by atoms with Crippen LogP contribution in [0.1, 0.15) is 71.6 Å². The quantitative estimate of drug-likeness (QED) is 0.0494. The zero-order valence-corrected chi connectivity index (χ0v) is 37.5. The molecule has 0 amide bonds. The fourth-order valence-electron chi connectivity index (χ4n) is 13.5. The summed E-state index contributed by atoms with van der Waals surface area (Å²) in [5, 5.41) is 148. The Hall–Kier alpha value is -1.63. The second-order valence-electron chi connectivity index (χ2n) is 20.8. The van der Waals surface area contributed by atoms with Crippen molar-refractivity contribution in [2.45, 2.75) is 200 Å². The lowest BCUT2D eigenvalue weighted by molar-refractivity contribution is -0.400. The average Bonchev–Trinajstić information content (AvgIpc) is 3.50. The summed E-state index contributed by atoms with van der Waals surface area (Å²) >= 11 is 0. The summed E-state index contributed by atoms with van der Waals surface area (Å²) in [6, 6.07) is 0. The number of ether oxygens (including phenoxy) is 8. The van der Waals surface area contributed by atoms with Gasteiger partial charge in [-0.3, -0.25) is 4.79 Å². The number of carbonyl (C=O) groups is 1. The molecule has 0 aromatic carbocycles. The average molecular weight is 967 g/mol. The molecule has 384 valence electrons. The van der Waals surface area contributed by atoms with Crippen molar-refractivity contribution < 1.29 is 114 Å². The third kappa shape index (κ3) is 8.63. The molecule has 4 saturated carbocycles. The van der Waals surface area contributed by atoms with Crippen LogP contribution in [0.25, 0.3) is 0 Å². The molecule has 0 aromatic heterocycles. The molecule has 8 fully saturated rings. The van der Waals surface area contributed by atoms with Crippen molar-refractivity contribution >= 4 is 5.97 Å². The number of esters is 1. The van der Waals surface area contributed by atoms with Gasteiger partial charge in [0.05, 0.1) is 37.4 Å². The molecule has 4 aliphatic carbocycles.